The molecule has 3 saturated heterocycles. The Bertz CT molecular complexity index is 2700. The number of imide groups is 1. The number of carbonyl (C=O) groups is 2. The Morgan fingerprint density at radius 1 is 0.894 bits per heavy atom. The number of nitrogens with zero attached hydrogens (tertiary/aromatic N) is 6. The number of hydrogen-bond donors (Lipinski definition) is 3. The van der Waals surface area contributed by atoms with Gasteiger partial charge in [-0.05, 0) is 129 Å². The SMILES string of the molecule is CCc1cc(Nc2ncc(Br)c(Nc3ccc4nc(C)ccc4c3P(C)(C)=O)n2)c(OC2CC2)cc1N1CCC(N2CCN(CCc3cc(F)c(C4CCC(=O)NC4=O)c(F)c3)CC2)CC1. The molecule has 3 aliphatic heterocycles. The number of carbonyl (C=O) groups excluding carboxylic acids is 2. The van der Waals surface area contributed by atoms with Crippen LogP contribution in [-0.4, -0.2) is 108 Å². The van der Waals surface area contributed by atoms with Crippen LogP contribution < -0.4 is 30.9 Å². The number of hydrogen-bond acceptors (Lipinski definition) is 12. The maximum Gasteiger partial charge on any atom is 0.234 e. The number of aryl methyl sites for hydroxylation is 2. The average molecular weight is 985 g/mol. The summed E-state index contributed by atoms with van der Waals surface area (Å²) in [5, 5.41) is 10.7. The van der Waals surface area contributed by atoms with Crippen molar-refractivity contribution in [3.8, 4) is 5.75 Å². The van der Waals surface area contributed by atoms with Crippen LogP contribution in [0.3, 0.4) is 0 Å². The minimum Gasteiger partial charge on any atom is -0.488 e. The Morgan fingerprint density at radius 2 is 1.64 bits per heavy atom. The molecule has 4 fully saturated rings. The topological polar surface area (TPSA) is 145 Å². The van der Waals surface area contributed by atoms with Crippen molar-refractivity contribution in [2.75, 3.05) is 74.7 Å². The van der Waals surface area contributed by atoms with Gasteiger partial charge in [-0.3, -0.25) is 24.8 Å². The first-order chi connectivity index (χ1) is 31.7. The second-order valence-electron chi connectivity index (χ2n) is 18.4. The fourth-order valence-corrected chi connectivity index (χ4v) is 11.5. The summed E-state index contributed by atoms with van der Waals surface area (Å²) in [7, 11) is -2.74. The molecule has 1 unspecified atom stereocenters. The average Bonchev–Trinajstić information content (AvgIpc) is 4.11. The number of rotatable bonds is 14. The van der Waals surface area contributed by atoms with Gasteiger partial charge in [0.1, 0.15) is 30.3 Å². The van der Waals surface area contributed by atoms with Gasteiger partial charge in [-0.15, -0.1) is 0 Å². The Morgan fingerprint density at radius 3 is 2.32 bits per heavy atom. The van der Waals surface area contributed by atoms with Crippen molar-refractivity contribution in [3.05, 3.63) is 93.2 Å². The maximum atomic E-state index is 15.1. The molecular weight excluding hydrogens is 927 g/mol. The van der Waals surface area contributed by atoms with Crippen LogP contribution in [-0.2, 0) is 27.0 Å². The van der Waals surface area contributed by atoms with Crippen LogP contribution in [0.15, 0.2) is 59.2 Å². The Labute approximate surface area is 393 Å². The van der Waals surface area contributed by atoms with Gasteiger partial charge < -0.3 is 29.7 Å². The monoisotopic (exact) mass is 983 g/mol. The van der Waals surface area contributed by atoms with E-state index in [-0.39, 0.29) is 24.5 Å². The zero-order chi connectivity index (χ0) is 46.3. The number of ether oxygens (including phenoxy) is 1. The number of nitrogens with one attached hydrogen (secondary N) is 3. The summed E-state index contributed by atoms with van der Waals surface area (Å²) < 4.78 is 51.2. The number of halogens is 3. The van der Waals surface area contributed by atoms with E-state index in [1.54, 1.807) is 19.5 Å². The van der Waals surface area contributed by atoms with Crippen molar-refractivity contribution in [2.24, 2.45) is 0 Å². The van der Waals surface area contributed by atoms with Crippen molar-refractivity contribution in [1.29, 1.82) is 0 Å². The molecule has 1 atom stereocenters. The molecule has 9 rings (SSSR count). The highest BCUT2D eigenvalue weighted by molar-refractivity contribution is 9.10. The van der Waals surface area contributed by atoms with Crippen molar-refractivity contribution in [2.45, 2.75) is 83.3 Å². The smallest absolute Gasteiger partial charge is 0.234 e. The second kappa shape index (κ2) is 19.3. The molecule has 2 amide bonds. The second-order valence-corrected chi connectivity index (χ2v) is 22.4. The lowest BCUT2D eigenvalue weighted by Crippen LogP contribution is -2.53. The van der Waals surface area contributed by atoms with Crippen LogP contribution in [0, 0.1) is 18.6 Å². The van der Waals surface area contributed by atoms with Crippen LogP contribution >= 0.6 is 23.1 Å². The van der Waals surface area contributed by atoms with Crippen LogP contribution in [0.5, 0.6) is 5.75 Å². The lowest BCUT2D eigenvalue weighted by molar-refractivity contribution is -0.134. The third kappa shape index (κ3) is 10.3. The van der Waals surface area contributed by atoms with E-state index in [1.165, 1.54) is 23.4 Å². The highest BCUT2D eigenvalue weighted by Crippen LogP contribution is 2.43. The molecule has 0 bridgehead atoms. The van der Waals surface area contributed by atoms with E-state index >= 15 is 8.78 Å². The number of amides is 2. The van der Waals surface area contributed by atoms with E-state index in [0.29, 0.717) is 46.5 Å². The standard InChI is InChI=1S/C49H57BrF2N9O4P/c1-5-31-26-41(56-49-53-28-36(50)47(58-49)55-40-12-11-39-34(9-6-29(2)54-39)46(40)66(3,4)64)43(65-33-7-8-33)27-42(31)61-18-15-32(16-19-61)60-22-20-59(21-23-60)17-14-30-24-37(51)45(38(52)25-30)35-10-13-44(62)57-48(35)63/h6,9,11-12,24-28,32-33,35H,5,7-8,10,13-23H2,1-4H3,(H,57,62,63)(H2,53,55,56,58). The van der Waals surface area contributed by atoms with Gasteiger partial charge in [0.2, 0.25) is 17.8 Å². The van der Waals surface area contributed by atoms with Gasteiger partial charge in [-0.2, -0.15) is 4.98 Å². The molecular formula is C49H57BrF2N9O4P. The maximum absolute atomic E-state index is 15.1. The third-order valence-corrected chi connectivity index (χ3v) is 15.5. The van der Waals surface area contributed by atoms with Crippen LogP contribution in [0.2, 0.25) is 0 Å². The molecule has 1 aliphatic carbocycles. The molecule has 4 aliphatic rings. The Kier molecular flexibility index (Phi) is 13.5. The Balaban J connectivity index is 0.828. The summed E-state index contributed by atoms with van der Waals surface area (Å²) in [6, 6.07) is 15.3. The normalized spacial score (nSPS) is 19.0. The molecule has 348 valence electrons. The van der Waals surface area contributed by atoms with Crippen molar-refractivity contribution in [1.82, 2.24) is 30.1 Å². The molecule has 1 saturated carbocycles. The number of piperidine rings is 2. The number of piperazine rings is 1. The molecule has 2 aromatic heterocycles. The number of benzene rings is 3. The first-order valence-corrected chi connectivity index (χ1v) is 26.5. The first-order valence-electron chi connectivity index (χ1n) is 23.1. The molecule has 17 heteroatoms. The summed E-state index contributed by atoms with van der Waals surface area (Å²) in [5.41, 5.74) is 5.92. The number of pyridine rings is 1. The fraction of sp³-hybridized carbons (Fsp3) is 0.449. The molecule has 13 nitrogen and oxygen atoms in total. The number of anilines is 5. The van der Waals surface area contributed by atoms with Gasteiger partial charge in [-0.25, -0.2) is 13.8 Å². The zero-order valence-corrected chi connectivity index (χ0v) is 40.4. The minimum atomic E-state index is -2.74. The van der Waals surface area contributed by atoms with Crippen LogP contribution in [0.25, 0.3) is 10.9 Å². The van der Waals surface area contributed by atoms with Gasteiger partial charge >= 0.3 is 0 Å². The predicted molar refractivity (Wildman–Crippen MR) is 260 cm³/mol. The molecule has 5 heterocycles. The predicted octanol–water partition coefficient (Wildman–Crippen LogP) is 8.56. The minimum absolute atomic E-state index is 0.0658. The van der Waals surface area contributed by atoms with Gasteiger partial charge in [-0.1, -0.05) is 13.0 Å². The largest absolute Gasteiger partial charge is 0.488 e. The van der Waals surface area contributed by atoms with E-state index in [9.17, 15) is 14.2 Å². The van der Waals surface area contributed by atoms with E-state index in [2.05, 4.69) is 75.6 Å². The number of fused-ring (bicyclic) bond motifs is 1. The summed E-state index contributed by atoms with van der Waals surface area (Å²) in [6.45, 7) is 13.9. The van der Waals surface area contributed by atoms with Crippen LogP contribution in [0.1, 0.15) is 73.8 Å². The molecule has 66 heavy (non-hydrogen) atoms. The summed E-state index contributed by atoms with van der Waals surface area (Å²) in [4.78, 5) is 45.5. The molecule has 5 aromatic rings. The van der Waals surface area contributed by atoms with Crippen LogP contribution in [0.4, 0.5) is 37.6 Å². The first kappa shape index (κ1) is 46.1. The molecule has 0 radical (unpaired) electrons. The summed E-state index contributed by atoms with van der Waals surface area (Å²) >= 11 is 3.64. The van der Waals surface area contributed by atoms with Gasteiger partial charge in [0, 0.05) is 98.2 Å². The van der Waals surface area contributed by atoms with E-state index in [4.69, 9.17) is 9.72 Å². The summed E-state index contributed by atoms with van der Waals surface area (Å²) in [5.74, 6) is -1.80. The highest BCUT2D eigenvalue weighted by atomic mass is 79.9. The molecule has 0 spiro atoms. The molecule has 3 N–H and O–H groups in total. The van der Waals surface area contributed by atoms with E-state index in [1.807, 2.05) is 31.2 Å². The van der Waals surface area contributed by atoms with Crippen molar-refractivity contribution in [3.63, 3.8) is 0 Å². The third-order valence-electron chi connectivity index (χ3n) is 13.3. The quantitative estimate of drug-likeness (QED) is 0.0725. The zero-order valence-electron chi connectivity index (χ0n) is 37.9. The number of aromatic nitrogens is 3. The van der Waals surface area contributed by atoms with Gasteiger partial charge in [0.05, 0.1) is 33.4 Å². The van der Waals surface area contributed by atoms with Crippen molar-refractivity contribution < 1.29 is 27.7 Å². The summed E-state index contributed by atoms with van der Waals surface area (Å²) in [6.07, 6.45) is 7.52. The fourth-order valence-electron chi connectivity index (χ4n) is 9.68. The highest BCUT2D eigenvalue weighted by Gasteiger charge is 2.34. The van der Waals surface area contributed by atoms with E-state index in [0.717, 1.165) is 105 Å². The molecule has 3 aromatic carbocycles. The van der Waals surface area contributed by atoms with Gasteiger partial charge in [0.25, 0.3) is 0 Å². The lowest BCUT2D eigenvalue weighted by atomic mass is 9.89. The van der Waals surface area contributed by atoms with Crippen molar-refractivity contribution >= 4 is 79.9 Å². The lowest BCUT2D eigenvalue weighted by Gasteiger charge is -2.43. The van der Waals surface area contributed by atoms with Gasteiger partial charge in [0.15, 0.2) is 0 Å². The van der Waals surface area contributed by atoms with E-state index < -0.39 is 36.5 Å². The Hall–Kier alpha value is -5.02.